The Hall–Kier alpha value is -3.93. The van der Waals surface area contributed by atoms with Crippen LogP contribution in [0.4, 0.5) is 5.69 Å². The maximum atomic E-state index is 13.1. The topological polar surface area (TPSA) is 118 Å². The van der Waals surface area contributed by atoms with Crippen molar-refractivity contribution < 1.29 is 14.3 Å². The van der Waals surface area contributed by atoms with Crippen LogP contribution in [0.1, 0.15) is 29.8 Å². The van der Waals surface area contributed by atoms with Crippen LogP contribution in [0.5, 0.6) is 0 Å². The number of pyridine rings is 1. The largest absolute Gasteiger partial charge is 0.499 e. The number of hydrogen-bond acceptors (Lipinski definition) is 9. The molecule has 218 valence electrons. The van der Waals surface area contributed by atoms with E-state index in [9.17, 15) is 4.79 Å². The van der Waals surface area contributed by atoms with Crippen molar-refractivity contribution in [2.75, 3.05) is 32.6 Å². The summed E-state index contributed by atoms with van der Waals surface area (Å²) in [6.45, 7) is 5.89. The van der Waals surface area contributed by atoms with Gasteiger partial charge in [0.05, 0.1) is 25.8 Å². The zero-order chi connectivity index (χ0) is 29.5. The lowest BCUT2D eigenvalue weighted by Gasteiger charge is -2.36. The number of aromatic nitrogens is 3. The first-order chi connectivity index (χ1) is 20.3. The SMILES string of the molecule is COC1=CC(OC)=C(Cl)C(=c2cc3c(n4cnnc24)=NC(Nc2ccc(C(=O)N4C[C@@H](C)N[C@@H](C)C4)cc2)=NC3)C1Cl. The summed E-state index contributed by atoms with van der Waals surface area (Å²) >= 11 is 13.5. The highest BCUT2D eigenvalue weighted by atomic mass is 35.5. The van der Waals surface area contributed by atoms with Crippen LogP contribution in [0.25, 0.3) is 11.2 Å². The fraction of sp³-hybridized carbons (Fsp3) is 0.345. The summed E-state index contributed by atoms with van der Waals surface area (Å²) in [5, 5.41) is 15.6. The third-order valence-electron chi connectivity index (χ3n) is 7.44. The lowest BCUT2D eigenvalue weighted by Crippen LogP contribution is -2.55. The number of nitrogens with one attached hydrogen (secondary N) is 2. The Morgan fingerprint density at radius 2 is 1.86 bits per heavy atom. The molecule has 0 saturated carbocycles. The summed E-state index contributed by atoms with van der Waals surface area (Å²) in [4.78, 5) is 24.4. The molecule has 11 nitrogen and oxygen atoms in total. The average Bonchev–Trinajstić information content (AvgIpc) is 3.48. The molecule has 1 saturated heterocycles. The maximum absolute atomic E-state index is 13.1. The molecule has 4 heterocycles. The van der Waals surface area contributed by atoms with Crippen LogP contribution in [-0.4, -0.2) is 76.1 Å². The molecule has 1 fully saturated rings. The molecular weight excluding hydrogens is 579 g/mol. The van der Waals surface area contributed by atoms with E-state index in [2.05, 4.69) is 39.7 Å². The number of methoxy groups -OCH3 is 2. The van der Waals surface area contributed by atoms with E-state index in [0.717, 1.165) is 11.3 Å². The number of alkyl halides is 1. The molecule has 6 rings (SSSR count). The highest BCUT2D eigenvalue weighted by Crippen LogP contribution is 2.36. The number of ether oxygens (including phenoxy) is 2. The first-order valence-corrected chi connectivity index (χ1v) is 14.3. The van der Waals surface area contributed by atoms with Crippen molar-refractivity contribution in [2.45, 2.75) is 37.9 Å². The standard InChI is InChI=1S/C29H30Cl2N8O3/c1-15-12-38(13-16(2)34-15)28(40)17-5-7-19(8-6-17)35-29-32-11-18-9-20(27-37-33-14-39(27)26(18)36-29)23-24(30)21(41-3)10-22(42-4)25(23)31/h5-10,14-16,24,34H,11-13H2,1-4H3,(H,32,35)/t15-,16+,24?. The number of hydrogen-bond donors (Lipinski definition) is 2. The minimum atomic E-state index is -0.658. The summed E-state index contributed by atoms with van der Waals surface area (Å²) in [5.74, 6) is 1.40. The summed E-state index contributed by atoms with van der Waals surface area (Å²) in [6.07, 6.45) is 3.27. The quantitative estimate of drug-likeness (QED) is 0.437. The number of carbonyl (C=O) groups excluding carboxylic acids is 1. The van der Waals surface area contributed by atoms with Crippen molar-refractivity contribution >= 4 is 52.0 Å². The van der Waals surface area contributed by atoms with Crippen LogP contribution >= 0.6 is 23.2 Å². The second kappa shape index (κ2) is 11.4. The number of anilines is 1. The predicted molar refractivity (Wildman–Crippen MR) is 161 cm³/mol. The maximum Gasteiger partial charge on any atom is 0.253 e. The smallest absolute Gasteiger partial charge is 0.253 e. The number of nitrogens with zero attached hydrogens (tertiary/aromatic N) is 6. The van der Waals surface area contributed by atoms with E-state index in [0.29, 0.717) is 69.6 Å². The molecule has 3 aliphatic rings. The van der Waals surface area contributed by atoms with Crippen molar-refractivity contribution in [2.24, 2.45) is 9.98 Å². The summed E-state index contributed by atoms with van der Waals surface area (Å²) in [7, 11) is 3.08. The van der Waals surface area contributed by atoms with Crippen LogP contribution in [0.3, 0.4) is 0 Å². The number of amides is 1. The molecule has 1 amide bonds. The lowest BCUT2D eigenvalue weighted by atomic mass is 10.0. The van der Waals surface area contributed by atoms with E-state index in [1.807, 2.05) is 35.2 Å². The van der Waals surface area contributed by atoms with E-state index in [-0.39, 0.29) is 18.0 Å². The second-order valence-corrected chi connectivity index (χ2v) is 11.3. The van der Waals surface area contributed by atoms with Gasteiger partial charge in [0.25, 0.3) is 5.91 Å². The zero-order valence-electron chi connectivity index (χ0n) is 23.6. The van der Waals surface area contributed by atoms with E-state index in [4.69, 9.17) is 37.7 Å². The van der Waals surface area contributed by atoms with Crippen molar-refractivity contribution in [3.63, 3.8) is 0 Å². The average molecular weight is 610 g/mol. The number of fused-ring (bicyclic) bond motifs is 3. The zero-order valence-corrected chi connectivity index (χ0v) is 25.1. The third kappa shape index (κ3) is 5.12. The van der Waals surface area contributed by atoms with Gasteiger partial charge in [0.2, 0.25) is 5.96 Å². The number of piperazine rings is 1. The summed E-state index contributed by atoms with van der Waals surface area (Å²) < 4.78 is 12.7. The molecule has 3 aromatic rings. The number of guanidine groups is 1. The van der Waals surface area contributed by atoms with Gasteiger partial charge in [-0.05, 0) is 44.2 Å². The molecule has 0 bridgehead atoms. The molecule has 13 heteroatoms. The molecule has 1 unspecified atom stereocenters. The van der Waals surface area contributed by atoms with Crippen LogP contribution in [0, 0.1) is 0 Å². The van der Waals surface area contributed by atoms with Crippen LogP contribution < -0.4 is 21.3 Å². The highest BCUT2D eigenvalue weighted by molar-refractivity contribution is 6.41. The van der Waals surface area contributed by atoms with E-state index >= 15 is 0 Å². The number of aliphatic imine (C=N–C) groups is 1. The monoisotopic (exact) mass is 608 g/mol. The van der Waals surface area contributed by atoms with Gasteiger partial charge in [-0.25, -0.2) is 4.99 Å². The minimum absolute atomic E-state index is 0.0249. The van der Waals surface area contributed by atoms with E-state index in [1.54, 1.807) is 23.9 Å². The Bertz CT molecular complexity index is 1770. The molecule has 1 aliphatic carbocycles. The first kappa shape index (κ1) is 28.2. The molecule has 3 atom stereocenters. The Kier molecular flexibility index (Phi) is 7.65. The number of benzene rings is 1. The van der Waals surface area contributed by atoms with E-state index in [1.165, 1.54) is 7.11 Å². The van der Waals surface area contributed by atoms with Gasteiger partial charge >= 0.3 is 0 Å². The number of carbonyl (C=O) groups is 1. The van der Waals surface area contributed by atoms with Crippen molar-refractivity contribution in [3.8, 4) is 0 Å². The van der Waals surface area contributed by atoms with Gasteiger partial charge in [-0.3, -0.25) is 9.20 Å². The van der Waals surface area contributed by atoms with Gasteiger partial charge in [0, 0.05) is 58.9 Å². The summed E-state index contributed by atoms with van der Waals surface area (Å²) in [6, 6.07) is 9.81. The second-order valence-electron chi connectivity index (χ2n) is 10.5. The Balaban J connectivity index is 1.30. The lowest BCUT2D eigenvalue weighted by molar-refractivity contribution is 0.0674. The van der Waals surface area contributed by atoms with Crippen molar-refractivity contribution in [1.82, 2.24) is 24.8 Å². The Morgan fingerprint density at radius 1 is 1.12 bits per heavy atom. The third-order valence-corrected chi connectivity index (χ3v) is 8.26. The molecular formula is C29H30Cl2N8O3. The molecule has 2 N–H and O–H groups in total. The molecule has 2 aromatic heterocycles. The fourth-order valence-electron chi connectivity index (χ4n) is 5.55. The molecule has 0 radical (unpaired) electrons. The van der Waals surface area contributed by atoms with E-state index < -0.39 is 5.38 Å². The Morgan fingerprint density at radius 3 is 2.55 bits per heavy atom. The number of rotatable bonds is 4. The number of allylic oxidation sites excluding steroid dienone is 3. The Labute approximate surface area is 252 Å². The van der Waals surface area contributed by atoms with Crippen molar-refractivity contribution in [3.05, 3.63) is 81.1 Å². The summed E-state index contributed by atoms with van der Waals surface area (Å²) in [5.41, 5.74) is 4.02. The first-order valence-electron chi connectivity index (χ1n) is 13.5. The van der Waals surface area contributed by atoms with Gasteiger partial charge in [-0.1, -0.05) is 11.6 Å². The molecule has 1 aromatic carbocycles. The molecule has 42 heavy (non-hydrogen) atoms. The van der Waals surface area contributed by atoms with Crippen LogP contribution in [0.2, 0.25) is 0 Å². The van der Waals surface area contributed by atoms with Gasteiger partial charge < -0.3 is 25.0 Å². The van der Waals surface area contributed by atoms with Crippen molar-refractivity contribution in [1.29, 1.82) is 0 Å². The van der Waals surface area contributed by atoms with Gasteiger partial charge in [-0.15, -0.1) is 21.8 Å². The van der Waals surface area contributed by atoms with Crippen LogP contribution in [-0.2, 0) is 16.0 Å². The normalized spacial score (nSPS) is 23.6. The number of halogens is 2. The van der Waals surface area contributed by atoms with Crippen LogP contribution in [0.15, 0.2) is 69.3 Å². The van der Waals surface area contributed by atoms with Gasteiger partial charge in [0.15, 0.2) is 5.65 Å². The minimum Gasteiger partial charge on any atom is -0.499 e. The highest BCUT2D eigenvalue weighted by Gasteiger charge is 2.30. The van der Waals surface area contributed by atoms with Gasteiger partial charge in [-0.2, -0.15) is 4.99 Å². The molecule has 0 spiro atoms. The van der Waals surface area contributed by atoms with Gasteiger partial charge in [0.1, 0.15) is 28.7 Å². The molecule has 2 aliphatic heterocycles. The predicted octanol–water partition coefficient (Wildman–Crippen LogP) is 2.55. The fourth-order valence-corrected chi connectivity index (χ4v) is 6.33.